The van der Waals surface area contributed by atoms with E-state index in [4.69, 9.17) is 16.3 Å². The number of ether oxygens (including phenoxy) is 1. The fourth-order valence-corrected chi connectivity index (χ4v) is 1.83. The largest absolute Gasteiger partial charge is 0.422 e. The van der Waals surface area contributed by atoms with E-state index in [0.717, 1.165) is 5.01 Å². The summed E-state index contributed by atoms with van der Waals surface area (Å²) < 4.78 is 5.12. The molecule has 2 rings (SSSR count). The topological polar surface area (TPSA) is 39.2 Å². The van der Waals surface area contributed by atoms with E-state index in [2.05, 4.69) is 4.98 Å². The number of halogens is 1. The van der Waals surface area contributed by atoms with Crippen molar-refractivity contribution < 1.29 is 9.53 Å². The Kier molecular flexibility index (Phi) is 3.22. The number of carbonyl (C=O) groups is 1. The molecule has 1 aromatic heterocycles. The van der Waals surface area contributed by atoms with Gasteiger partial charge in [-0.1, -0.05) is 11.6 Å². The van der Waals surface area contributed by atoms with Crippen LogP contribution in [0.5, 0.6) is 5.75 Å². The first-order valence-electron chi connectivity index (χ1n) is 4.55. The Bertz CT molecular complexity index is 507. The van der Waals surface area contributed by atoms with Gasteiger partial charge < -0.3 is 4.74 Å². The van der Waals surface area contributed by atoms with Crippen molar-refractivity contribution in [2.75, 3.05) is 0 Å². The van der Waals surface area contributed by atoms with E-state index in [-0.39, 0.29) is 0 Å². The molecule has 82 valence electrons. The Morgan fingerprint density at radius 2 is 2.06 bits per heavy atom. The summed E-state index contributed by atoms with van der Waals surface area (Å²) in [6.07, 6.45) is 0. The lowest BCUT2D eigenvalue weighted by molar-refractivity contribution is 0.0729. The highest BCUT2D eigenvalue weighted by atomic mass is 35.5. The summed E-state index contributed by atoms with van der Waals surface area (Å²) in [6, 6.07) is 6.60. The van der Waals surface area contributed by atoms with Gasteiger partial charge in [0.15, 0.2) is 5.69 Å². The van der Waals surface area contributed by atoms with Crippen LogP contribution in [0.1, 0.15) is 15.5 Å². The van der Waals surface area contributed by atoms with E-state index in [1.54, 1.807) is 29.6 Å². The minimum atomic E-state index is -0.452. The van der Waals surface area contributed by atoms with Crippen molar-refractivity contribution >= 4 is 28.9 Å². The Labute approximate surface area is 102 Å². The van der Waals surface area contributed by atoms with Crippen molar-refractivity contribution in [2.24, 2.45) is 0 Å². The number of aryl methyl sites for hydroxylation is 1. The zero-order valence-corrected chi connectivity index (χ0v) is 10.0. The van der Waals surface area contributed by atoms with Crippen LogP contribution >= 0.6 is 22.9 Å². The summed E-state index contributed by atoms with van der Waals surface area (Å²) in [5.41, 5.74) is 0.331. The fraction of sp³-hybridized carbons (Fsp3) is 0.0909. The lowest BCUT2D eigenvalue weighted by Gasteiger charge is -2.01. The maximum absolute atomic E-state index is 11.6. The van der Waals surface area contributed by atoms with Gasteiger partial charge in [-0.2, -0.15) is 0 Å². The molecule has 0 bridgehead atoms. The summed E-state index contributed by atoms with van der Waals surface area (Å²) in [7, 11) is 0. The molecule has 0 saturated carbocycles. The van der Waals surface area contributed by atoms with E-state index in [0.29, 0.717) is 16.5 Å². The summed E-state index contributed by atoms with van der Waals surface area (Å²) in [5, 5.41) is 3.11. The average Bonchev–Trinajstić information content (AvgIpc) is 2.68. The molecule has 16 heavy (non-hydrogen) atoms. The Balaban J connectivity index is 2.10. The predicted octanol–water partition coefficient (Wildman–Crippen LogP) is 3.32. The molecule has 1 aromatic carbocycles. The van der Waals surface area contributed by atoms with Crippen LogP contribution in [0.25, 0.3) is 0 Å². The van der Waals surface area contributed by atoms with E-state index < -0.39 is 5.97 Å². The molecule has 0 aliphatic heterocycles. The Hall–Kier alpha value is -1.39. The molecule has 0 atom stereocenters. The normalized spacial score (nSPS) is 10.1. The highest BCUT2D eigenvalue weighted by Gasteiger charge is 2.11. The monoisotopic (exact) mass is 253 g/mol. The molecule has 0 aliphatic carbocycles. The molecular weight excluding hydrogens is 246 g/mol. The SMILES string of the molecule is Cc1nc(C(=O)Oc2ccc(Cl)cc2)cs1. The van der Waals surface area contributed by atoms with Crippen molar-refractivity contribution in [3.63, 3.8) is 0 Å². The molecule has 3 nitrogen and oxygen atoms in total. The number of nitrogens with zero attached hydrogens (tertiary/aromatic N) is 1. The number of esters is 1. The van der Waals surface area contributed by atoms with Crippen LogP contribution in [0.2, 0.25) is 5.02 Å². The molecule has 0 saturated heterocycles. The van der Waals surface area contributed by atoms with Gasteiger partial charge in [0.2, 0.25) is 0 Å². The first-order chi connectivity index (χ1) is 7.65. The van der Waals surface area contributed by atoms with Gasteiger partial charge in [0, 0.05) is 10.4 Å². The minimum Gasteiger partial charge on any atom is -0.422 e. The van der Waals surface area contributed by atoms with Gasteiger partial charge in [-0.05, 0) is 31.2 Å². The van der Waals surface area contributed by atoms with E-state index in [1.807, 2.05) is 6.92 Å². The van der Waals surface area contributed by atoms with Crippen LogP contribution in [0.15, 0.2) is 29.6 Å². The number of hydrogen-bond acceptors (Lipinski definition) is 4. The molecular formula is C11H8ClNO2S. The number of hydrogen-bond donors (Lipinski definition) is 0. The molecule has 0 N–H and O–H groups in total. The lowest BCUT2D eigenvalue weighted by atomic mass is 10.3. The van der Waals surface area contributed by atoms with Crippen molar-refractivity contribution in [1.29, 1.82) is 0 Å². The van der Waals surface area contributed by atoms with Gasteiger partial charge in [-0.3, -0.25) is 0 Å². The number of benzene rings is 1. The van der Waals surface area contributed by atoms with E-state index in [1.165, 1.54) is 11.3 Å². The average molecular weight is 254 g/mol. The highest BCUT2D eigenvalue weighted by Crippen LogP contribution is 2.17. The highest BCUT2D eigenvalue weighted by molar-refractivity contribution is 7.09. The van der Waals surface area contributed by atoms with Crippen molar-refractivity contribution in [1.82, 2.24) is 4.98 Å². The van der Waals surface area contributed by atoms with Gasteiger partial charge in [0.25, 0.3) is 0 Å². The molecule has 0 aliphatic rings. The smallest absolute Gasteiger partial charge is 0.363 e. The van der Waals surface area contributed by atoms with Crippen molar-refractivity contribution in [2.45, 2.75) is 6.92 Å². The summed E-state index contributed by atoms with van der Waals surface area (Å²) in [6.45, 7) is 1.84. The third-order valence-corrected chi connectivity index (χ3v) is 2.88. The second-order valence-corrected chi connectivity index (χ2v) is 4.59. The molecule has 2 aromatic rings. The molecule has 0 spiro atoms. The summed E-state index contributed by atoms with van der Waals surface area (Å²) >= 11 is 7.13. The van der Waals surface area contributed by atoms with Crippen molar-refractivity contribution in [3.05, 3.63) is 45.4 Å². The van der Waals surface area contributed by atoms with E-state index in [9.17, 15) is 4.79 Å². The summed E-state index contributed by atoms with van der Waals surface area (Å²) in [5.74, 6) is 0.00623. The predicted molar refractivity (Wildman–Crippen MR) is 63.3 cm³/mol. The van der Waals surface area contributed by atoms with Gasteiger partial charge in [0.1, 0.15) is 5.75 Å². The fourth-order valence-electron chi connectivity index (χ4n) is 1.12. The van der Waals surface area contributed by atoms with Crippen LogP contribution in [0.3, 0.4) is 0 Å². The van der Waals surface area contributed by atoms with E-state index >= 15 is 0 Å². The zero-order valence-electron chi connectivity index (χ0n) is 8.44. The van der Waals surface area contributed by atoms with Crippen LogP contribution < -0.4 is 4.74 Å². The van der Waals surface area contributed by atoms with Crippen LogP contribution in [-0.2, 0) is 0 Å². The van der Waals surface area contributed by atoms with Gasteiger partial charge in [-0.15, -0.1) is 11.3 Å². The zero-order chi connectivity index (χ0) is 11.5. The summed E-state index contributed by atoms with van der Waals surface area (Å²) in [4.78, 5) is 15.6. The lowest BCUT2D eigenvalue weighted by Crippen LogP contribution is -2.08. The van der Waals surface area contributed by atoms with Gasteiger partial charge >= 0.3 is 5.97 Å². The number of thiazole rings is 1. The Morgan fingerprint density at radius 3 is 2.62 bits per heavy atom. The van der Waals surface area contributed by atoms with Crippen LogP contribution in [0, 0.1) is 6.92 Å². The minimum absolute atomic E-state index is 0.331. The Morgan fingerprint density at radius 1 is 1.38 bits per heavy atom. The molecule has 0 amide bonds. The molecule has 0 radical (unpaired) electrons. The molecule has 5 heteroatoms. The molecule has 0 fully saturated rings. The standard InChI is InChI=1S/C11H8ClNO2S/c1-7-13-10(6-16-7)11(14)15-9-4-2-8(12)3-5-9/h2-6H,1H3. The number of carbonyl (C=O) groups excluding carboxylic acids is 1. The maximum atomic E-state index is 11.6. The second kappa shape index (κ2) is 4.63. The number of rotatable bonds is 2. The van der Waals surface area contributed by atoms with Gasteiger partial charge in [0.05, 0.1) is 5.01 Å². The number of aromatic nitrogens is 1. The quantitative estimate of drug-likeness (QED) is 0.609. The maximum Gasteiger partial charge on any atom is 0.363 e. The first kappa shape index (κ1) is 11.1. The first-order valence-corrected chi connectivity index (χ1v) is 5.81. The molecule has 1 heterocycles. The third kappa shape index (κ3) is 2.59. The van der Waals surface area contributed by atoms with Crippen molar-refractivity contribution in [3.8, 4) is 5.75 Å². The second-order valence-electron chi connectivity index (χ2n) is 3.10. The van der Waals surface area contributed by atoms with Gasteiger partial charge in [-0.25, -0.2) is 9.78 Å². The molecule has 0 unspecified atom stereocenters. The van der Waals surface area contributed by atoms with Crippen LogP contribution in [-0.4, -0.2) is 11.0 Å². The third-order valence-electron chi connectivity index (χ3n) is 1.85. The van der Waals surface area contributed by atoms with Crippen LogP contribution in [0.4, 0.5) is 0 Å².